The van der Waals surface area contributed by atoms with Crippen LogP contribution in [0.25, 0.3) is 0 Å². The molecule has 0 N–H and O–H groups in total. The van der Waals surface area contributed by atoms with Crippen LogP contribution in [0.1, 0.15) is 36.1 Å². The van der Waals surface area contributed by atoms with Gasteiger partial charge in [-0.1, -0.05) is 29.8 Å². The van der Waals surface area contributed by atoms with Crippen LogP contribution in [-0.2, 0) is 11.2 Å². The number of nitrogens with zero attached hydrogens (tertiary/aromatic N) is 3. The zero-order valence-electron chi connectivity index (χ0n) is 14.9. The molecule has 3 rings (SSSR count). The van der Waals surface area contributed by atoms with Crippen molar-refractivity contribution in [3.63, 3.8) is 0 Å². The van der Waals surface area contributed by atoms with E-state index in [-0.39, 0.29) is 12.0 Å². The number of ether oxygens (including phenoxy) is 1. The molecule has 0 saturated carbocycles. The Labute approximate surface area is 149 Å². The number of carbonyl (C=O) groups excluding carboxylic acids is 1. The van der Waals surface area contributed by atoms with Crippen LogP contribution in [0.5, 0.6) is 5.88 Å². The monoisotopic (exact) mass is 339 g/mol. The van der Waals surface area contributed by atoms with E-state index in [0.717, 1.165) is 31.5 Å². The van der Waals surface area contributed by atoms with Gasteiger partial charge in [-0.15, -0.1) is 5.10 Å². The standard InChI is InChI=1S/C20H25N3O2/c1-15-5-3-6-17(13-15)9-11-20(24)23-12-4-7-18(14-23)25-19-10-8-16(2)21-22-19/h3,5-6,8,10,13,18H,4,7,9,11-12,14H2,1-2H3. The van der Waals surface area contributed by atoms with Crippen LogP contribution in [0.15, 0.2) is 36.4 Å². The summed E-state index contributed by atoms with van der Waals surface area (Å²) < 4.78 is 5.90. The van der Waals surface area contributed by atoms with Gasteiger partial charge in [-0.25, -0.2) is 0 Å². The third kappa shape index (κ3) is 5.02. The van der Waals surface area contributed by atoms with E-state index < -0.39 is 0 Å². The van der Waals surface area contributed by atoms with Crippen molar-refractivity contribution in [2.75, 3.05) is 13.1 Å². The minimum atomic E-state index is -0.00586. The number of benzene rings is 1. The van der Waals surface area contributed by atoms with Crippen LogP contribution in [0.2, 0.25) is 0 Å². The fraction of sp³-hybridized carbons (Fsp3) is 0.450. The highest BCUT2D eigenvalue weighted by atomic mass is 16.5. The van der Waals surface area contributed by atoms with Crippen molar-refractivity contribution in [2.45, 2.75) is 45.6 Å². The fourth-order valence-corrected chi connectivity index (χ4v) is 3.16. The smallest absolute Gasteiger partial charge is 0.233 e. The normalized spacial score (nSPS) is 17.4. The maximum absolute atomic E-state index is 12.5. The highest BCUT2D eigenvalue weighted by molar-refractivity contribution is 5.76. The van der Waals surface area contributed by atoms with Crippen LogP contribution < -0.4 is 4.74 Å². The van der Waals surface area contributed by atoms with E-state index >= 15 is 0 Å². The van der Waals surface area contributed by atoms with Crippen LogP contribution in [0.3, 0.4) is 0 Å². The molecule has 0 radical (unpaired) electrons. The summed E-state index contributed by atoms with van der Waals surface area (Å²) in [5, 5.41) is 8.06. The first kappa shape index (κ1) is 17.4. The fourth-order valence-electron chi connectivity index (χ4n) is 3.16. The molecule has 1 atom stereocenters. The molecule has 1 aromatic carbocycles. The summed E-state index contributed by atoms with van der Waals surface area (Å²) in [4.78, 5) is 14.5. The number of hydrogen-bond donors (Lipinski definition) is 0. The van der Waals surface area contributed by atoms with Gasteiger partial charge in [-0.2, -0.15) is 5.10 Å². The summed E-state index contributed by atoms with van der Waals surface area (Å²) in [5.74, 6) is 0.731. The zero-order chi connectivity index (χ0) is 17.6. The van der Waals surface area contributed by atoms with Gasteiger partial charge in [0.05, 0.1) is 12.2 Å². The van der Waals surface area contributed by atoms with Crippen molar-refractivity contribution in [1.29, 1.82) is 0 Å². The molecule has 2 heterocycles. The molecule has 5 nitrogen and oxygen atoms in total. The topological polar surface area (TPSA) is 55.3 Å². The predicted octanol–water partition coefficient (Wildman–Crippen LogP) is 3.10. The van der Waals surface area contributed by atoms with Crippen molar-refractivity contribution < 1.29 is 9.53 Å². The molecule has 1 aromatic heterocycles. The molecular formula is C20H25N3O2. The van der Waals surface area contributed by atoms with Crippen molar-refractivity contribution >= 4 is 5.91 Å². The molecule has 132 valence electrons. The number of aryl methyl sites for hydroxylation is 3. The van der Waals surface area contributed by atoms with Gasteiger partial charge in [0, 0.05) is 19.0 Å². The Morgan fingerprint density at radius 3 is 2.88 bits per heavy atom. The lowest BCUT2D eigenvalue weighted by molar-refractivity contribution is -0.133. The van der Waals surface area contributed by atoms with Crippen molar-refractivity contribution in [3.05, 3.63) is 53.2 Å². The van der Waals surface area contributed by atoms with E-state index in [1.54, 1.807) is 0 Å². The number of rotatable bonds is 5. The lowest BCUT2D eigenvalue weighted by atomic mass is 10.0. The number of likely N-dealkylation sites (tertiary alicyclic amines) is 1. The second-order valence-electron chi connectivity index (χ2n) is 6.72. The third-order valence-electron chi connectivity index (χ3n) is 4.50. The van der Waals surface area contributed by atoms with E-state index in [2.05, 4.69) is 35.3 Å². The number of carbonyl (C=O) groups is 1. The Bertz CT molecular complexity index is 715. The molecule has 0 aliphatic carbocycles. The Kier molecular flexibility index (Phi) is 5.64. The van der Waals surface area contributed by atoms with Crippen LogP contribution in [0.4, 0.5) is 0 Å². The Morgan fingerprint density at radius 1 is 1.24 bits per heavy atom. The quantitative estimate of drug-likeness (QED) is 0.840. The minimum absolute atomic E-state index is 0.00586. The van der Waals surface area contributed by atoms with Crippen molar-refractivity contribution in [1.82, 2.24) is 15.1 Å². The molecular weight excluding hydrogens is 314 g/mol. The largest absolute Gasteiger partial charge is 0.471 e. The molecule has 0 bridgehead atoms. The predicted molar refractivity (Wildman–Crippen MR) is 96.5 cm³/mol. The lowest BCUT2D eigenvalue weighted by Crippen LogP contribution is -2.44. The van der Waals surface area contributed by atoms with Gasteiger partial charge in [-0.3, -0.25) is 4.79 Å². The summed E-state index contributed by atoms with van der Waals surface area (Å²) in [6, 6.07) is 12.1. The average Bonchev–Trinajstić information content (AvgIpc) is 2.62. The van der Waals surface area contributed by atoms with E-state index in [4.69, 9.17) is 4.74 Å². The Hall–Kier alpha value is -2.43. The first-order chi connectivity index (χ1) is 12.1. The summed E-state index contributed by atoms with van der Waals surface area (Å²) in [6.07, 6.45) is 3.22. The number of piperidine rings is 1. The molecule has 1 amide bonds. The Morgan fingerprint density at radius 2 is 2.12 bits per heavy atom. The minimum Gasteiger partial charge on any atom is -0.471 e. The van der Waals surface area contributed by atoms with Gasteiger partial charge in [-0.05, 0) is 44.7 Å². The van der Waals surface area contributed by atoms with Crippen molar-refractivity contribution in [2.24, 2.45) is 0 Å². The molecule has 1 aliphatic rings. The molecule has 25 heavy (non-hydrogen) atoms. The molecule has 1 unspecified atom stereocenters. The number of hydrogen-bond acceptors (Lipinski definition) is 4. The maximum Gasteiger partial charge on any atom is 0.233 e. The van der Waals surface area contributed by atoms with Gasteiger partial charge in [0.25, 0.3) is 0 Å². The SMILES string of the molecule is Cc1cccc(CCC(=O)N2CCCC(Oc3ccc(C)nn3)C2)c1. The summed E-state index contributed by atoms with van der Waals surface area (Å²) in [5.41, 5.74) is 3.31. The number of aromatic nitrogens is 2. The van der Waals surface area contributed by atoms with Gasteiger partial charge < -0.3 is 9.64 Å². The second kappa shape index (κ2) is 8.10. The molecule has 1 fully saturated rings. The van der Waals surface area contributed by atoms with Crippen LogP contribution in [-0.4, -0.2) is 40.2 Å². The van der Waals surface area contributed by atoms with Gasteiger partial charge in [0.1, 0.15) is 6.10 Å². The van der Waals surface area contributed by atoms with E-state index in [1.807, 2.05) is 30.0 Å². The summed E-state index contributed by atoms with van der Waals surface area (Å²) in [7, 11) is 0. The molecule has 0 spiro atoms. The van der Waals surface area contributed by atoms with Gasteiger partial charge in [0.2, 0.25) is 11.8 Å². The third-order valence-corrected chi connectivity index (χ3v) is 4.50. The van der Waals surface area contributed by atoms with Crippen LogP contribution in [0, 0.1) is 13.8 Å². The van der Waals surface area contributed by atoms with E-state index in [9.17, 15) is 4.79 Å². The Balaban J connectivity index is 1.51. The van der Waals surface area contributed by atoms with Crippen LogP contribution >= 0.6 is 0 Å². The molecule has 5 heteroatoms. The zero-order valence-corrected chi connectivity index (χ0v) is 14.9. The highest BCUT2D eigenvalue weighted by Crippen LogP contribution is 2.18. The highest BCUT2D eigenvalue weighted by Gasteiger charge is 2.25. The van der Waals surface area contributed by atoms with E-state index in [0.29, 0.717) is 18.8 Å². The molecule has 2 aromatic rings. The first-order valence-electron chi connectivity index (χ1n) is 8.90. The second-order valence-corrected chi connectivity index (χ2v) is 6.72. The van der Waals surface area contributed by atoms with Gasteiger partial charge in [0.15, 0.2) is 0 Å². The van der Waals surface area contributed by atoms with Crippen molar-refractivity contribution in [3.8, 4) is 5.88 Å². The maximum atomic E-state index is 12.5. The lowest BCUT2D eigenvalue weighted by Gasteiger charge is -2.32. The molecule has 1 aliphatic heterocycles. The van der Waals surface area contributed by atoms with E-state index in [1.165, 1.54) is 11.1 Å². The summed E-state index contributed by atoms with van der Waals surface area (Å²) in [6.45, 7) is 5.41. The summed E-state index contributed by atoms with van der Waals surface area (Å²) >= 11 is 0. The van der Waals surface area contributed by atoms with Gasteiger partial charge >= 0.3 is 0 Å². The first-order valence-corrected chi connectivity index (χ1v) is 8.90. The number of amides is 1. The average molecular weight is 339 g/mol. The molecule has 1 saturated heterocycles.